The van der Waals surface area contributed by atoms with Gasteiger partial charge in [-0.25, -0.2) is 9.18 Å². The Bertz CT molecular complexity index is 646. The Balaban J connectivity index is 1.90. The summed E-state index contributed by atoms with van der Waals surface area (Å²) in [4.78, 5) is 26.8. The summed E-state index contributed by atoms with van der Waals surface area (Å²) >= 11 is 0. The molecule has 5 nitrogen and oxygen atoms in total. The number of carbonyl (C=O) groups excluding carboxylic acids is 1. The molecule has 1 aromatic heterocycles. The molecule has 1 aromatic rings. The summed E-state index contributed by atoms with van der Waals surface area (Å²) in [5.74, 6) is 0.461. The molecule has 1 amide bonds. The number of alkyl halides is 1. The van der Waals surface area contributed by atoms with Crippen LogP contribution in [0, 0.1) is 5.92 Å². The molecule has 2 heterocycles. The van der Waals surface area contributed by atoms with Crippen LogP contribution in [0.1, 0.15) is 42.6 Å². The Hall–Kier alpha value is -1.98. The minimum absolute atomic E-state index is 0.0751. The van der Waals surface area contributed by atoms with Crippen LogP contribution in [0.15, 0.2) is 20.3 Å². The summed E-state index contributed by atoms with van der Waals surface area (Å²) < 4.78 is 22.3. The minimum Gasteiger partial charge on any atom is -0.445 e. The Kier molecular flexibility index (Phi) is 3.86. The van der Waals surface area contributed by atoms with Crippen LogP contribution in [0.2, 0.25) is 0 Å². The van der Waals surface area contributed by atoms with Crippen molar-refractivity contribution >= 4 is 11.8 Å². The number of hydrogen-bond acceptors (Lipinski definition) is 4. The van der Waals surface area contributed by atoms with Crippen molar-refractivity contribution in [2.75, 3.05) is 6.86 Å². The number of aliphatic imine (C=N–C) groups is 1. The zero-order valence-electron chi connectivity index (χ0n) is 11.6. The van der Waals surface area contributed by atoms with E-state index in [4.69, 9.17) is 9.15 Å². The third-order valence-electron chi connectivity index (χ3n) is 3.81. The lowest BCUT2D eigenvalue weighted by Gasteiger charge is -2.17. The van der Waals surface area contributed by atoms with Gasteiger partial charge in [0.15, 0.2) is 0 Å². The largest absolute Gasteiger partial charge is 0.445 e. The van der Waals surface area contributed by atoms with Gasteiger partial charge in [-0.3, -0.25) is 4.79 Å². The number of rotatable bonds is 5. The standard InChI is InChI=1S/C15H16FNO4/c16-8-20-15-14-10(3-1-2-9-4-5-9)6-13(19)21-11(14)7-12(18)17-15/h6,9H,1-5,7-8H2. The summed E-state index contributed by atoms with van der Waals surface area (Å²) in [6, 6.07) is 1.39. The van der Waals surface area contributed by atoms with Gasteiger partial charge in [0.1, 0.15) is 5.76 Å². The van der Waals surface area contributed by atoms with Gasteiger partial charge in [-0.15, -0.1) is 0 Å². The fourth-order valence-electron chi connectivity index (χ4n) is 2.66. The third kappa shape index (κ3) is 3.20. The van der Waals surface area contributed by atoms with E-state index in [9.17, 15) is 14.0 Å². The molecule has 0 unspecified atom stereocenters. The topological polar surface area (TPSA) is 68.9 Å². The van der Waals surface area contributed by atoms with Gasteiger partial charge in [0, 0.05) is 6.07 Å². The third-order valence-corrected chi connectivity index (χ3v) is 3.81. The molecule has 0 saturated heterocycles. The molecule has 6 heteroatoms. The number of nitrogens with zero attached hydrogens (tertiary/aromatic N) is 1. The normalized spacial score (nSPS) is 17.4. The van der Waals surface area contributed by atoms with Gasteiger partial charge in [-0.2, -0.15) is 4.99 Å². The molecule has 112 valence electrons. The first-order chi connectivity index (χ1) is 10.2. The van der Waals surface area contributed by atoms with Gasteiger partial charge >= 0.3 is 5.63 Å². The summed E-state index contributed by atoms with van der Waals surface area (Å²) in [5, 5.41) is 0. The van der Waals surface area contributed by atoms with Gasteiger partial charge in [0.2, 0.25) is 12.8 Å². The number of amides is 1. The van der Waals surface area contributed by atoms with E-state index in [0.717, 1.165) is 24.3 Å². The summed E-state index contributed by atoms with van der Waals surface area (Å²) in [5.41, 5.74) is 0.703. The highest BCUT2D eigenvalue weighted by molar-refractivity contribution is 6.06. The van der Waals surface area contributed by atoms with E-state index >= 15 is 0 Å². The van der Waals surface area contributed by atoms with Crippen molar-refractivity contribution in [3.63, 3.8) is 0 Å². The number of ether oxygens (including phenoxy) is 1. The predicted molar refractivity (Wildman–Crippen MR) is 72.9 cm³/mol. The average molecular weight is 293 g/mol. The maximum absolute atomic E-state index is 12.5. The Labute approximate surface area is 120 Å². The molecule has 3 rings (SSSR count). The molecular formula is C15H16FNO4. The summed E-state index contributed by atoms with van der Waals surface area (Å²) in [7, 11) is 0. The Morgan fingerprint density at radius 2 is 2.19 bits per heavy atom. The van der Waals surface area contributed by atoms with Crippen LogP contribution in [0.5, 0.6) is 0 Å². The molecule has 1 aliphatic heterocycles. The Morgan fingerprint density at radius 1 is 1.38 bits per heavy atom. The minimum atomic E-state index is -1.08. The van der Waals surface area contributed by atoms with E-state index in [1.54, 1.807) is 0 Å². The van der Waals surface area contributed by atoms with Gasteiger partial charge in [0.25, 0.3) is 5.91 Å². The summed E-state index contributed by atoms with van der Waals surface area (Å²) in [6.45, 7) is -1.08. The molecule has 1 fully saturated rings. The number of hydrogen-bond donors (Lipinski definition) is 0. The van der Waals surface area contributed by atoms with Crippen molar-refractivity contribution in [3.05, 3.63) is 33.4 Å². The molecule has 0 atom stereocenters. The second-order valence-corrected chi connectivity index (χ2v) is 5.47. The first-order valence-electron chi connectivity index (χ1n) is 7.14. The number of aryl methyl sites for hydroxylation is 1. The number of fused-ring (bicyclic) bond motifs is 1. The molecule has 1 aliphatic carbocycles. The van der Waals surface area contributed by atoms with Crippen LogP contribution in [0.3, 0.4) is 0 Å². The maximum atomic E-state index is 12.5. The molecular weight excluding hydrogens is 277 g/mol. The maximum Gasteiger partial charge on any atom is 0.336 e. The fraction of sp³-hybridized carbons (Fsp3) is 0.533. The lowest BCUT2D eigenvalue weighted by molar-refractivity contribution is -0.117. The van der Waals surface area contributed by atoms with Crippen molar-refractivity contribution in [3.8, 4) is 0 Å². The van der Waals surface area contributed by atoms with Gasteiger partial charge in [-0.05, 0) is 24.3 Å². The first-order valence-corrected chi connectivity index (χ1v) is 7.14. The van der Waals surface area contributed by atoms with Crippen molar-refractivity contribution < 1.29 is 18.3 Å². The second kappa shape index (κ2) is 5.79. The van der Waals surface area contributed by atoms with Crippen LogP contribution < -0.4 is 5.63 Å². The molecule has 0 aromatic carbocycles. The number of carbonyl (C=O) groups is 1. The zero-order chi connectivity index (χ0) is 14.8. The summed E-state index contributed by atoms with van der Waals surface area (Å²) in [6.07, 6.45) is 5.21. The molecule has 0 bridgehead atoms. The van der Waals surface area contributed by atoms with Crippen molar-refractivity contribution in [2.45, 2.75) is 38.5 Å². The van der Waals surface area contributed by atoms with Gasteiger partial charge in [0.05, 0.1) is 12.0 Å². The van der Waals surface area contributed by atoms with E-state index in [0.29, 0.717) is 12.0 Å². The van der Waals surface area contributed by atoms with Gasteiger partial charge in [-0.1, -0.05) is 19.3 Å². The van der Waals surface area contributed by atoms with Crippen LogP contribution in [0.25, 0.3) is 0 Å². The number of halogens is 1. The van der Waals surface area contributed by atoms with Crippen LogP contribution in [-0.2, 0) is 22.4 Å². The quantitative estimate of drug-likeness (QED) is 0.834. The lowest BCUT2D eigenvalue weighted by atomic mass is 9.98. The highest BCUT2D eigenvalue weighted by Crippen LogP contribution is 2.34. The molecule has 0 spiro atoms. The highest BCUT2D eigenvalue weighted by Gasteiger charge is 2.27. The lowest BCUT2D eigenvalue weighted by Crippen LogP contribution is -2.23. The van der Waals surface area contributed by atoms with Crippen molar-refractivity contribution in [1.82, 2.24) is 0 Å². The van der Waals surface area contributed by atoms with Crippen LogP contribution in [-0.4, -0.2) is 18.7 Å². The monoisotopic (exact) mass is 293 g/mol. The first kappa shape index (κ1) is 14.0. The predicted octanol–water partition coefficient (Wildman–Crippen LogP) is 2.15. The SMILES string of the molecule is O=C1Cc2oc(=O)cc(CCCC3CC3)c2C(OCF)=N1. The van der Waals surface area contributed by atoms with Crippen molar-refractivity contribution in [2.24, 2.45) is 10.9 Å². The molecule has 2 aliphatic rings. The molecule has 0 radical (unpaired) electrons. The van der Waals surface area contributed by atoms with E-state index in [1.807, 2.05) is 0 Å². The molecule has 0 N–H and O–H groups in total. The van der Waals surface area contributed by atoms with E-state index in [1.165, 1.54) is 18.9 Å². The van der Waals surface area contributed by atoms with Crippen LogP contribution >= 0.6 is 0 Å². The average Bonchev–Trinajstić information content (AvgIpc) is 3.22. The van der Waals surface area contributed by atoms with Gasteiger partial charge < -0.3 is 9.15 Å². The highest BCUT2D eigenvalue weighted by atomic mass is 19.1. The van der Waals surface area contributed by atoms with E-state index < -0.39 is 18.4 Å². The fourth-order valence-corrected chi connectivity index (χ4v) is 2.66. The van der Waals surface area contributed by atoms with E-state index in [-0.39, 0.29) is 18.1 Å². The molecule has 21 heavy (non-hydrogen) atoms. The second-order valence-electron chi connectivity index (χ2n) is 5.47. The molecule has 1 saturated carbocycles. The smallest absolute Gasteiger partial charge is 0.336 e. The zero-order valence-corrected chi connectivity index (χ0v) is 11.6. The van der Waals surface area contributed by atoms with E-state index in [2.05, 4.69) is 4.99 Å². The Morgan fingerprint density at radius 3 is 2.90 bits per heavy atom. The van der Waals surface area contributed by atoms with Crippen LogP contribution in [0.4, 0.5) is 4.39 Å². The van der Waals surface area contributed by atoms with Crippen molar-refractivity contribution in [1.29, 1.82) is 0 Å².